The summed E-state index contributed by atoms with van der Waals surface area (Å²) in [6, 6.07) is 8.37. The van der Waals surface area contributed by atoms with E-state index in [2.05, 4.69) is 35.8 Å². The molecule has 2 rings (SSSR count). The van der Waals surface area contributed by atoms with Gasteiger partial charge in [-0.05, 0) is 50.4 Å². The molecule has 106 valence electrons. The molecule has 0 radical (unpaired) electrons. The van der Waals surface area contributed by atoms with Crippen LogP contribution in [0, 0.1) is 12.3 Å². The second-order valence-corrected chi connectivity index (χ2v) is 5.21. The number of hydrogen-bond donors (Lipinski definition) is 2. The van der Waals surface area contributed by atoms with Crippen molar-refractivity contribution in [3.05, 3.63) is 35.4 Å². The van der Waals surface area contributed by atoms with E-state index in [9.17, 15) is 4.79 Å². The zero-order valence-corrected chi connectivity index (χ0v) is 12.5. The van der Waals surface area contributed by atoms with Crippen LogP contribution in [0.3, 0.4) is 0 Å². The van der Waals surface area contributed by atoms with Gasteiger partial charge >= 0.3 is 0 Å². The maximum atomic E-state index is 12.3. The summed E-state index contributed by atoms with van der Waals surface area (Å²) in [6.07, 6.45) is 2.68. The average molecular weight is 283 g/mol. The summed E-state index contributed by atoms with van der Waals surface area (Å²) in [5, 5.41) is 6.19. The van der Waals surface area contributed by atoms with Crippen molar-refractivity contribution in [2.45, 2.75) is 26.2 Å². The van der Waals surface area contributed by atoms with Gasteiger partial charge in [0, 0.05) is 7.05 Å². The smallest absolute Gasteiger partial charge is 0.226 e. The molecule has 0 aromatic heterocycles. The van der Waals surface area contributed by atoms with Crippen LogP contribution in [0.1, 0.15) is 24.0 Å². The number of halogens is 1. The molecular formula is C15H23ClN2O. The quantitative estimate of drug-likeness (QED) is 0.891. The number of amides is 1. The Balaban J connectivity index is 0.00000180. The minimum absolute atomic E-state index is 0. The lowest BCUT2D eigenvalue weighted by atomic mass is 9.73. The predicted molar refractivity (Wildman–Crippen MR) is 80.7 cm³/mol. The normalized spacial score (nSPS) is 17.4. The van der Waals surface area contributed by atoms with Gasteiger partial charge in [0.2, 0.25) is 5.91 Å². The fourth-order valence-corrected chi connectivity index (χ4v) is 2.83. The van der Waals surface area contributed by atoms with Crippen LogP contribution in [0.5, 0.6) is 0 Å². The maximum absolute atomic E-state index is 12.3. The summed E-state index contributed by atoms with van der Waals surface area (Å²) in [7, 11) is 1.74. The molecule has 1 aromatic carbocycles. The van der Waals surface area contributed by atoms with Gasteiger partial charge in [-0.3, -0.25) is 4.79 Å². The van der Waals surface area contributed by atoms with Crippen molar-refractivity contribution < 1.29 is 4.79 Å². The summed E-state index contributed by atoms with van der Waals surface area (Å²) in [4.78, 5) is 12.3. The zero-order chi connectivity index (χ0) is 13.0. The summed E-state index contributed by atoms with van der Waals surface area (Å²) in [6.45, 7) is 3.98. The van der Waals surface area contributed by atoms with Crippen molar-refractivity contribution in [3.8, 4) is 0 Å². The van der Waals surface area contributed by atoms with Crippen LogP contribution in [0.15, 0.2) is 24.3 Å². The Labute approximate surface area is 121 Å². The molecule has 0 saturated carbocycles. The minimum Gasteiger partial charge on any atom is -0.359 e. The topological polar surface area (TPSA) is 41.1 Å². The Morgan fingerprint density at radius 1 is 1.32 bits per heavy atom. The molecule has 1 aromatic rings. The van der Waals surface area contributed by atoms with Crippen LogP contribution in [0.25, 0.3) is 0 Å². The molecule has 0 atom stereocenters. The van der Waals surface area contributed by atoms with Crippen molar-refractivity contribution >= 4 is 18.3 Å². The van der Waals surface area contributed by atoms with Gasteiger partial charge in [-0.1, -0.05) is 24.3 Å². The van der Waals surface area contributed by atoms with E-state index < -0.39 is 0 Å². The molecule has 1 fully saturated rings. The third-order valence-electron chi connectivity index (χ3n) is 4.06. The highest BCUT2D eigenvalue weighted by Gasteiger charge is 2.39. The van der Waals surface area contributed by atoms with Crippen molar-refractivity contribution in [2.24, 2.45) is 5.41 Å². The molecule has 19 heavy (non-hydrogen) atoms. The first-order chi connectivity index (χ1) is 8.68. The molecule has 0 unspecified atom stereocenters. The molecule has 0 aliphatic carbocycles. The highest BCUT2D eigenvalue weighted by Crippen LogP contribution is 2.34. The fraction of sp³-hybridized carbons (Fsp3) is 0.533. The van der Waals surface area contributed by atoms with Gasteiger partial charge in [0.05, 0.1) is 5.41 Å². The Morgan fingerprint density at radius 3 is 2.53 bits per heavy atom. The second-order valence-electron chi connectivity index (χ2n) is 5.21. The van der Waals surface area contributed by atoms with Gasteiger partial charge in [-0.15, -0.1) is 12.4 Å². The van der Waals surface area contributed by atoms with E-state index >= 15 is 0 Å². The zero-order valence-electron chi connectivity index (χ0n) is 11.7. The van der Waals surface area contributed by atoms with Gasteiger partial charge in [-0.25, -0.2) is 0 Å². The number of piperidine rings is 1. The Hall–Kier alpha value is -1.06. The molecule has 2 N–H and O–H groups in total. The number of nitrogens with one attached hydrogen (secondary N) is 2. The summed E-state index contributed by atoms with van der Waals surface area (Å²) >= 11 is 0. The molecule has 4 heteroatoms. The van der Waals surface area contributed by atoms with Gasteiger partial charge in [-0.2, -0.15) is 0 Å². The van der Waals surface area contributed by atoms with Crippen LogP contribution in [-0.4, -0.2) is 26.0 Å². The first-order valence-corrected chi connectivity index (χ1v) is 6.65. The van der Waals surface area contributed by atoms with Crippen LogP contribution in [-0.2, 0) is 11.2 Å². The molecule has 1 saturated heterocycles. The first-order valence-electron chi connectivity index (χ1n) is 6.65. The lowest BCUT2D eigenvalue weighted by Gasteiger charge is -2.36. The molecule has 0 spiro atoms. The molecule has 0 bridgehead atoms. The molecular weight excluding hydrogens is 260 g/mol. The maximum Gasteiger partial charge on any atom is 0.226 e. The SMILES string of the molecule is CNC(=O)C1(Cc2ccccc2C)CCNCC1.Cl. The Morgan fingerprint density at radius 2 is 1.95 bits per heavy atom. The predicted octanol–water partition coefficient (Wildman–Crippen LogP) is 2.08. The lowest BCUT2D eigenvalue weighted by Crippen LogP contribution is -2.48. The monoisotopic (exact) mass is 282 g/mol. The first kappa shape index (κ1) is 16.0. The van der Waals surface area contributed by atoms with E-state index in [1.165, 1.54) is 11.1 Å². The summed E-state index contributed by atoms with van der Waals surface area (Å²) in [5.41, 5.74) is 2.34. The van der Waals surface area contributed by atoms with E-state index in [1.807, 2.05) is 6.07 Å². The van der Waals surface area contributed by atoms with E-state index in [1.54, 1.807) is 7.05 Å². The van der Waals surface area contributed by atoms with Crippen molar-refractivity contribution in [1.29, 1.82) is 0 Å². The van der Waals surface area contributed by atoms with Gasteiger partial charge < -0.3 is 10.6 Å². The molecule has 1 heterocycles. The van der Waals surface area contributed by atoms with Crippen molar-refractivity contribution in [3.63, 3.8) is 0 Å². The van der Waals surface area contributed by atoms with Gasteiger partial charge in [0.1, 0.15) is 0 Å². The number of hydrogen-bond acceptors (Lipinski definition) is 2. The Bertz CT molecular complexity index is 428. The largest absolute Gasteiger partial charge is 0.359 e. The molecule has 3 nitrogen and oxygen atoms in total. The van der Waals surface area contributed by atoms with Gasteiger partial charge in [0.15, 0.2) is 0 Å². The highest BCUT2D eigenvalue weighted by molar-refractivity contribution is 5.85. The molecule has 1 amide bonds. The molecule has 1 aliphatic heterocycles. The lowest BCUT2D eigenvalue weighted by molar-refractivity contribution is -0.132. The van der Waals surface area contributed by atoms with E-state index in [0.717, 1.165) is 32.4 Å². The van der Waals surface area contributed by atoms with Crippen LogP contribution >= 0.6 is 12.4 Å². The van der Waals surface area contributed by atoms with Crippen molar-refractivity contribution in [2.75, 3.05) is 20.1 Å². The van der Waals surface area contributed by atoms with Crippen LogP contribution in [0.4, 0.5) is 0 Å². The van der Waals surface area contributed by atoms with E-state index in [-0.39, 0.29) is 23.7 Å². The standard InChI is InChI=1S/C15H22N2O.ClH/c1-12-5-3-4-6-13(12)11-15(14(18)16-2)7-9-17-10-8-15;/h3-6,17H,7-11H2,1-2H3,(H,16,18);1H. The highest BCUT2D eigenvalue weighted by atomic mass is 35.5. The summed E-state index contributed by atoms with van der Waals surface area (Å²) < 4.78 is 0. The van der Waals surface area contributed by atoms with E-state index in [4.69, 9.17) is 0 Å². The van der Waals surface area contributed by atoms with Crippen LogP contribution in [0.2, 0.25) is 0 Å². The number of carbonyl (C=O) groups is 1. The third-order valence-corrected chi connectivity index (χ3v) is 4.06. The molecule has 1 aliphatic rings. The Kier molecular flexibility index (Phi) is 5.83. The fourth-order valence-electron chi connectivity index (χ4n) is 2.83. The minimum atomic E-state index is -0.230. The second kappa shape index (κ2) is 6.92. The van der Waals surface area contributed by atoms with E-state index in [0.29, 0.717) is 0 Å². The number of aryl methyl sites for hydroxylation is 1. The number of rotatable bonds is 3. The number of benzene rings is 1. The van der Waals surface area contributed by atoms with Gasteiger partial charge in [0.25, 0.3) is 0 Å². The van der Waals surface area contributed by atoms with Crippen molar-refractivity contribution in [1.82, 2.24) is 10.6 Å². The third kappa shape index (κ3) is 3.48. The summed E-state index contributed by atoms with van der Waals surface area (Å²) in [5.74, 6) is 0.187. The number of carbonyl (C=O) groups excluding carboxylic acids is 1. The van der Waals surface area contributed by atoms with Crippen LogP contribution < -0.4 is 10.6 Å². The average Bonchev–Trinajstić information content (AvgIpc) is 2.41.